The summed E-state index contributed by atoms with van der Waals surface area (Å²) in [7, 11) is 0. The second-order valence-corrected chi connectivity index (χ2v) is 9.33. The number of nitrogens with one attached hydrogen (secondary N) is 1. The summed E-state index contributed by atoms with van der Waals surface area (Å²) in [4.78, 5) is 54.8. The van der Waals surface area contributed by atoms with Crippen LogP contribution in [0.15, 0.2) is 84.9 Å². The highest BCUT2D eigenvalue weighted by Crippen LogP contribution is 2.34. The zero-order chi connectivity index (χ0) is 26.6. The molecule has 9 nitrogen and oxygen atoms in total. The smallest absolute Gasteiger partial charge is 0.350 e. The van der Waals surface area contributed by atoms with E-state index in [4.69, 9.17) is 21.1 Å². The fourth-order valence-corrected chi connectivity index (χ4v) is 4.77. The van der Waals surface area contributed by atoms with E-state index < -0.39 is 41.9 Å². The average Bonchev–Trinajstić information content (AvgIpc) is 3.30. The molecule has 0 aliphatic carbocycles. The fraction of sp³-hybridized carbons (Fsp3) is 0.214. The van der Waals surface area contributed by atoms with Gasteiger partial charge in [-0.05, 0) is 35.9 Å². The zero-order valence-corrected chi connectivity index (χ0v) is 20.9. The molecule has 194 valence electrons. The molecule has 1 N–H and O–H groups in total. The van der Waals surface area contributed by atoms with Gasteiger partial charge in [-0.2, -0.15) is 0 Å². The van der Waals surface area contributed by atoms with Crippen molar-refractivity contribution in [1.29, 1.82) is 0 Å². The average molecular weight is 534 g/mol. The van der Waals surface area contributed by atoms with Crippen LogP contribution in [0.3, 0.4) is 0 Å². The Labute approximate surface area is 223 Å². The van der Waals surface area contributed by atoms with Crippen molar-refractivity contribution in [2.75, 3.05) is 13.2 Å². The number of halogens is 1. The van der Waals surface area contributed by atoms with Crippen molar-refractivity contribution in [1.82, 2.24) is 15.1 Å². The number of hydrogen-bond acceptors (Lipinski definition) is 6. The summed E-state index contributed by atoms with van der Waals surface area (Å²) < 4.78 is 11.0. The molecule has 0 radical (unpaired) electrons. The molecule has 38 heavy (non-hydrogen) atoms. The lowest BCUT2D eigenvalue weighted by Gasteiger charge is -2.43. The molecule has 3 atom stereocenters. The number of carbonyl (C=O) groups is 4. The van der Waals surface area contributed by atoms with Gasteiger partial charge in [-0.1, -0.05) is 66.2 Å². The Bertz CT molecular complexity index is 1350. The van der Waals surface area contributed by atoms with Crippen molar-refractivity contribution in [2.45, 2.75) is 24.9 Å². The second-order valence-electron chi connectivity index (χ2n) is 8.89. The highest BCUT2D eigenvalue weighted by Gasteiger charge is 2.61. The van der Waals surface area contributed by atoms with Gasteiger partial charge in [-0.3, -0.25) is 14.4 Å². The Morgan fingerprint density at radius 1 is 0.947 bits per heavy atom. The maximum Gasteiger partial charge on any atom is 0.350 e. The van der Waals surface area contributed by atoms with Crippen molar-refractivity contribution in [3.05, 3.63) is 101 Å². The van der Waals surface area contributed by atoms with Gasteiger partial charge in [0.25, 0.3) is 11.8 Å². The standard InChI is InChI=1S/C28H24ClN3O6/c29-20-11-7-10-19(14-20)26(34)31-15-22-24(30-23(33)17-37-21-12-5-2-6-13-21)27(35)32(22)25(31)28(36)38-16-18-8-3-1-4-9-18/h1-14,22,24-25H,15-17H2,(H,30,33)/t22?,24-,25?/m1/s1. The van der Waals surface area contributed by atoms with Crippen LogP contribution < -0.4 is 10.1 Å². The third-order valence-electron chi connectivity index (χ3n) is 6.40. The molecule has 2 fully saturated rings. The van der Waals surface area contributed by atoms with E-state index in [0.717, 1.165) is 5.56 Å². The Morgan fingerprint density at radius 3 is 2.37 bits per heavy atom. The van der Waals surface area contributed by atoms with Crippen LogP contribution in [0, 0.1) is 0 Å². The molecule has 0 bridgehead atoms. The quantitative estimate of drug-likeness (QED) is 0.352. The van der Waals surface area contributed by atoms with Crippen LogP contribution in [-0.4, -0.2) is 64.9 Å². The molecule has 2 unspecified atom stereocenters. The Hall–Kier alpha value is -4.37. The molecular formula is C28H24ClN3O6. The summed E-state index contributed by atoms with van der Waals surface area (Å²) in [6, 6.07) is 22.7. The van der Waals surface area contributed by atoms with Gasteiger partial charge in [0.05, 0.1) is 6.04 Å². The van der Waals surface area contributed by atoms with E-state index >= 15 is 0 Å². The van der Waals surface area contributed by atoms with Crippen molar-refractivity contribution < 1.29 is 28.7 Å². The van der Waals surface area contributed by atoms with Gasteiger partial charge in [-0.25, -0.2) is 4.79 Å². The monoisotopic (exact) mass is 533 g/mol. The molecule has 0 spiro atoms. The lowest BCUT2D eigenvalue weighted by atomic mass is 9.96. The summed E-state index contributed by atoms with van der Waals surface area (Å²) in [5, 5.41) is 3.03. The van der Waals surface area contributed by atoms with Gasteiger partial charge >= 0.3 is 5.97 Å². The predicted octanol–water partition coefficient (Wildman–Crippen LogP) is 2.64. The Kier molecular flexibility index (Phi) is 7.28. The normalized spacial score (nSPS) is 19.8. The molecule has 0 aromatic heterocycles. The number of carbonyl (C=O) groups excluding carboxylic acids is 4. The third kappa shape index (κ3) is 5.19. The second kappa shape index (κ2) is 10.9. The molecule has 2 heterocycles. The number of ether oxygens (including phenoxy) is 2. The first-order valence-corrected chi connectivity index (χ1v) is 12.4. The van der Waals surface area contributed by atoms with Crippen LogP contribution in [0.4, 0.5) is 0 Å². The predicted molar refractivity (Wildman–Crippen MR) is 137 cm³/mol. The molecule has 3 aromatic carbocycles. The van der Waals surface area contributed by atoms with Crippen LogP contribution >= 0.6 is 11.6 Å². The number of esters is 1. The van der Waals surface area contributed by atoms with Gasteiger partial charge in [0.1, 0.15) is 18.4 Å². The van der Waals surface area contributed by atoms with E-state index in [1.165, 1.54) is 15.9 Å². The number of β-lactam (4-membered cyclic amide) rings is 1. The minimum absolute atomic E-state index is 0.0148. The first-order valence-electron chi connectivity index (χ1n) is 12.0. The number of amides is 3. The van der Waals surface area contributed by atoms with Crippen LogP contribution in [0.25, 0.3) is 0 Å². The third-order valence-corrected chi connectivity index (χ3v) is 6.64. The van der Waals surface area contributed by atoms with E-state index in [1.807, 2.05) is 24.3 Å². The fourth-order valence-electron chi connectivity index (χ4n) is 4.58. The number of fused-ring (bicyclic) bond motifs is 1. The van der Waals surface area contributed by atoms with Crippen LogP contribution in [0.5, 0.6) is 5.75 Å². The van der Waals surface area contributed by atoms with Gasteiger partial charge in [0.2, 0.25) is 12.1 Å². The number of rotatable bonds is 8. The molecule has 0 saturated carbocycles. The minimum atomic E-state index is -1.27. The zero-order valence-electron chi connectivity index (χ0n) is 20.2. The summed E-state index contributed by atoms with van der Waals surface area (Å²) in [6.07, 6.45) is -1.27. The molecule has 3 amide bonds. The summed E-state index contributed by atoms with van der Waals surface area (Å²) in [5.74, 6) is -1.67. The van der Waals surface area contributed by atoms with Gasteiger partial charge in [-0.15, -0.1) is 0 Å². The maximum atomic E-state index is 13.4. The number of hydrogen-bond donors (Lipinski definition) is 1. The summed E-state index contributed by atoms with van der Waals surface area (Å²) in [5.41, 5.74) is 1.03. The Morgan fingerprint density at radius 2 is 1.66 bits per heavy atom. The first kappa shape index (κ1) is 25.3. The number of para-hydroxylation sites is 1. The Balaban J connectivity index is 1.31. The summed E-state index contributed by atoms with van der Waals surface area (Å²) >= 11 is 6.07. The molecular weight excluding hydrogens is 510 g/mol. The van der Waals surface area contributed by atoms with Gasteiger partial charge < -0.3 is 24.6 Å². The maximum absolute atomic E-state index is 13.4. The van der Waals surface area contributed by atoms with Crippen molar-refractivity contribution >= 4 is 35.3 Å². The molecule has 2 aliphatic rings. The van der Waals surface area contributed by atoms with Gasteiger partial charge in [0.15, 0.2) is 6.61 Å². The van der Waals surface area contributed by atoms with Crippen LogP contribution in [0.1, 0.15) is 15.9 Å². The summed E-state index contributed by atoms with van der Waals surface area (Å²) in [6.45, 7) is -0.264. The van der Waals surface area contributed by atoms with E-state index in [1.54, 1.807) is 54.6 Å². The first-order chi connectivity index (χ1) is 18.4. The van der Waals surface area contributed by atoms with Crippen LogP contribution in [-0.2, 0) is 25.7 Å². The van der Waals surface area contributed by atoms with E-state index in [0.29, 0.717) is 10.8 Å². The molecule has 10 heteroatoms. The van der Waals surface area contributed by atoms with Crippen LogP contribution in [0.2, 0.25) is 5.02 Å². The topological polar surface area (TPSA) is 105 Å². The SMILES string of the molecule is O=C(COc1ccccc1)N[C@H]1C(=O)N2C1CN(C(=O)c1cccc(Cl)c1)C2C(=O)OCc1ccccc1. The van der Waals surface area contributed by atoms with E-state index in [-0.39, 0.29) is 25.3 Å². The molecule has 3 aromatic rings. The highest BCUT2D eigenvalue weighted by molar-refractivity contribution is 6.31. The lowest BCUT2D eigenvalue weighted by molar-refractivity contribution is -0.167. The minimum Gasteiger partial charge on any atom is -0.484 e. The van der Waals surface area contributed by atoms with Crippen molar-refractivity contribution in [3.63, 3.8) is 0 Å². The van der Waals surface area contributed by atoms with E-state index in [9.17, 15) is 19.2 Å². The van der Waals surface area contributed by atoms with Crippen molar-refractivity contribution in [3.8, 4) is 5.75 Å². The largest absolute Gasteiger partial charge is 0.484 e. The van der Waals surface area contributed by atoms with Gasteiger partial charge in [0, 0.05) is 17.1 Å². The number of benzene rings is 3. The molecule has 5 rings (SSSR count). The molecule has 2 saturated heterocycles. The number of nitrogens with zero attached hydrogens (tertiary/aromatic N) is 2. The van der Waals surface area contributed by atoms with Crippen molar-refractivity contribution in [2.24, 2.45) is 0 Å². The molecule has 2 aliphatic heterocycles. The van der Waals surface area contributed by atoms with E-state index in [2.05, 4.69) is 5.32 Å². The lowest BCUT2D eigenvalue weighted by Crippen LogP contribution is -2.71. The highest BCUT2D eigenvalue weighted by atomic mass is 35.5.